The Hall–Kier alpha value is -3.61. The van der Waals surface area contributed by atoms with Crippen LogP contribution in [0.2, 0.25) is 0 Å². The summed E-state index contributed by atoms with van der Waals surface area (Å²) in [7, 11) is 1.54. The molecule has 1 aliphatic rings. The molecule has 0 unspecified atom stereocenters. The number of fused-ring (bicyclic) bond motifs is 1. The Bertz CT molecular complexity index is 1040. The number of carbonyl (C=O) groups is 3. The molecule has 0 bridgehead atoms. The molecule has 0 radical (unpaired) electrons. The summed E-state index contributed by atoms with van der Waals surface area (Å²) in [5, 5.41) is 2.75. The van der Waals surface area contributed by atoms with Gasteiger partial charge >= 0.3 is 5.97 Å². The molecule has 2 aromatic rings. The van der Waals surface area contributed by atoms with E-state index >= 15 is 0 Å². The van der Waals surface area contributed by atoms with Crippen LogP contribution in [0.25, 0.3) is 6.08 Å². The second-order valence-corrected chi connectivity index (χ2v) is 7.45. The number of carbonyl (C=O) groups excluding carboxylic acids is 3. The maximum atomic E-state index is 12.4. The van der Waals surface area contributed by atoms with E-state index in [2.05, 4.69) is 5.32 Å². The predicted molar refractivity (Wildman–Crippen MR) is 117 cm³/mol. The Morgan fingerprint density at radius 2 is 1.90 bits per heavy atom. The van der Waals surface area contributed by atoms with Gasteiger partial charge in [0.15, 0.2) is 23.9 Å². The van der Waals surface area contributed by atoms with Crippen LogP contribution in [0.4, 0.5) is 5.69 Å². The Morgan fingerprint density at radius 3 is 2.61 bits per heavy atom. The van der Waals surface area contributed by atoms with Crippen LogP contribution in [0.1, 0.15) is 48.2 Å². The lowest BCUT2D eigenvalue weighted by atomic mass is 9.99. The number of rotatable bonds is 8. The first-order valence-corrected chi connectivity index (χ1v) is 9.96. The van der Waals surface area contributed by atoms with E-state index in [4.69, 9.17) is 14.2 Å². The van der Waals surface area contributed by atoms with Gasteiger partial charge in [0.25, 0.3) is 0 Å². The monoisotopic (exact) mass is 423 g/mol. The second kappa shape index (κ2) is 9.47. The summed E-state index contributed by atoms with van der Waals surface area (Å²) in [6.45, 7) is 5.23. The molecule has 31 heavy (non-hydrogen) atoms. The molecule has 7 heteroatoms. The van der Waals surface area contributed by atoms with Gasteiger partial charge in [-0.1, -0.05) is 6.07 Å². The normalized spacial score (nSPS) is 15.0. The average molecular weight is 423 g/mol. The molecule has 0 fully saturated rings. The Balaban J connectivity index is 1.58. The molecule has 2 aromatic carbocycles. The van der Waals surface area contributed by atoms with Crippen molar-refractivity contribution in [3.8, 4) is 11.5 Å². The van der Waals surface area contributed by atoms with Gasteiger partial charge in [-0.2, -0.15) is 0 Å². The smallest absolute Gasteiger partial charge is 0.331 e. The van der Waals surface area contributed by atoms with Crippen molar-refractivity contribution in [2.75, 3.05) is 19.0 Å². The van der Waals surface area contributed by atoms with Crippen molar-refractivity contribution in [1.29, 1.82) is 0 Å². The van der Waals surface area contributed by atoms with Crippen molar-refractivity contribution < 1.29 is 28.6 Å². The van der Waals surface area contributed by atoms with Crippen molar-refractivity contribution in [2.24, 2.45) is 0 Å². The van der Waals surface area contributed by atoms with Gasteiger partial charge in [0, 0.05) is 17.3 Å². The molecule has 0 saturated carbocycles. The van der Waals surface area contributed by atoms with Crippen LogP contribution in [0.5, 0.6) is 11.5 Å². The number of esters is 1. The van der Waals surface area contributed by atoms with E-state index in [1.165, 1.54) is 6.08 Å². The zero-order valence-corrected chi connectivity index (χ0v) is 17.9. The number of hydrogen-bond donors (Lipinski definition) is 1. The van der Waals surface area contributed by atoms with Gasteiger partial charge in [-0.3, -0.25) is 9.59 Å². The summed E-state index contributed by atoms with van der Waals surface area (Å²) in [4.78, 5) is 36.1. The molecule has 0 aromatic heterocycles. The van der Waals surface area contributed by atoms with Crippen molar-refractivity contribution in [3.05, 3.63) is 59.2 Å². The minimum absolute atomic E-state index is 0.00782. The predicted octanol–water partition coefficient (Wildman–Crippen LogP) is 3.98. The number of ketones is 1. The first kappa shape index (κ1) is 22.1. The van der Waals surface area contributed by atoms with Gasteiger partial charge < -0.3 is 19.5 Å². The van der Waals surface area contributed by atoms with E-state index in [0.29, 0.717) is 22.7 Å². The Kier molecular flexibility index (Phi) is 6.74. The number of benzene rings is 2. The lowest BCUT2D eigenvalue weighted by Crippen LogP contribution is -2.13. The second-order valence-electron chi connectivity index (χ2n) is 7.45. The highest BCUT2D eigenvalue weighted by Crippen LogP contribution is 2.33. The number of nitrogens with one attached hydrogen (secondary N) is 1. The number of ether oxygens (including phenoxy) is 3. The highest BCUT2D eigenvalue weighted by Gasteiger charge is 2.27. The maximum Gasteiger partial charge on any atom is 0.331 e. The van der Waals surface area contributed by atoms with E-state index in [1.807, 2.05) is 13.8 Å². The molecule has 3 rings (SSSR count). The molecule has 162 valence electrons. The van der Waals surface area contributed by atoms with Crippen LogP contribution >= 0.6 is 0 Å². The van der Waals surface area contributed by atoms with Gasteiger partial charge in [0.05, 0.1) is 19.1 Å². The number of amides is 1. The van der Waals surface area contributed by atoms with Crippen LogP contribution < -0.4 is 14.8 Å². The van der Waals surface area contributed by atoms with Crippen LogP contribution in [-0.2, 0) is 14.3 Å². The largest absolute Gasteiger partial charge is 0.493 e. The molecule has 1 atom stereocenters. The summed E-state index contributed by atoms with van der Waals surface area (Å²) in [5.41, 5.74) is 2.58. The highest BCUT2D eigenvalue weighted by molar-refractivity contribution is 6.05. The average Bonchev–Trinajstić information content (AvgIpc) is 3.03. The lowest BCUT2D eigenvalue weighted by Gasteiger charge is -2.13. The molecule has 7 nitrogen and oxygen atoms in total. The van der Waals surface area contributed by atoms with Crippen LogP contribution in [0.15, 0.2) is 42.5 Å². The van der Waals surface area contributed by atoms with Crippen molar-refractivity contribution >= 4 is 29.4 Å². The zero-order valence-electron chi connectivity index (χ0n) is 17.9. The summed E-state index contributed by atoms with van der Waals surface area (Å²) in [5.74, 6) is -0.227. The van der Waals surface area contributed by atoms with Gasteiger partial charge in [-0.25, -0.2) is 4.79 Å². The fraction of sp³-hybridized carbons (Fsp3) is 0.292. The first-order valence-electron chi connectivity index (χ1n) is 9.96. The third-order valence-corrected chi connectivity index (χ3v) is 4.80. The van der Waals surface area contributed by atoms with E-state index in [1.54, 1.807) is 56.5 Å². The van der Waals surface area contributed by atoms with Gasteiger partial charge in [0.2, 0.25) is 5.91 Å². The van der Waals surface area contributed by atoms with Crippen LogP contribution in [0.3, 0.4) is 0 Å². The third-order valence-electron chi connectivity index (χ3n) is 4.80. The summed E-state index contributed by atoms with van der Waals surface area (Å²) >= 11 is 0. The van der Waals surface area contributed by atoms with Gasteiger partial charge in [0.1, 0.15) is 0 Å². The van der Waals surface area contributed by atoms with Gasteiger partial charge in [-0.15, -0.1) is 0 Å². The number of Topliss-reactive ketones (excluding diaryl/α,β-unsaturated/α-hetero) is 1. The molecule has 1 N–H and O–H groups in total. The van der Waals surface area contributed by atoms with E-state index < -0.39 is 5.97 Å². The van der Waals surface area contributed by atoms with Crippen molar-refractivity contribution in [1.82, 2.24) is 0 Å². The van der Waals surface area contributed by atoms with Crippen molar-refractivity contribution in [2.45, 2.75) is 32.8 Å². The topological polar surface area (TPSA) is 90.9 Å². The number of methoxy groups -OCH3 is 1. The zero-order chi connectivity index (χ0) is 22.5. The fourth-order valence-corrected chi connectivity index (χ4v) is 3.16. The number of anilines is 1. The SMILES string of the molecule is COc1cc(/C=C/C(=O)OCC(=O)c2ccc3c(c2)[C@H](C)C(=O)N3)ccc1OC(C)C. The molecule has 1 amide bonds. The van der Waals surface area contributed by atoms with E-state index in [0.717, 1.165) is 11.1 Å². The summed E-state index contributed by atoms with van der Waals surface area (Å²) in [6.07, 6.45) is 2.83. The molecular formula is C24H25NO6. The summed E-state index contributed by atoms with van der Waals surface area (Å²) in [6, 6.07) is 10.3. The van der Waals surface area contributed by atoms with E-state index in [9.17, 15) is 14.4 Å². The first-order chi connectivity index (χ1) is 14.8. The molecule has 0 spiro atoms. The van der Waals surface area contributed by atoms with Crippen LogP contribution in [-0.4, -0.2) is 37.5 Å². The fourth-order valence-electron chi connectivity index (χ4n) is 3.16. The molecule has 1 heterocycles. The maximum absolute atomic E-state index is 12.4. The molecule has 0 saturated heterocycles. The van der Waals surface area contributed by atoms with Crippen LogP contribution in [0, 0.1) is 0 Å². The molecular weight excluding hydrogens is 398 g/mol. The minimum Gasteiger partial charge on any atom is -0.493 e. The minimum atomic E-state index is -0.638. The van der Waals surface area contributed by atoms with Crippen molar-refractivity contribution in [3.63, 3.8) is 0 Å². The Labute approximate surface area is 181 Å². The highest BCUT2D eigenvalue weighted by atomic mass is 16.5. The quantitative estimate of drug-likeness (QED) is 0.392. The standard InChI is InChI=1S/C24H25NO6/c1-14(2)31-21-9-5-16(11-22(21)29-4)6-10-23(27)30-13-20(26)17-7-8-19-18(12-17)15(3)24(28)25-19/h5-12,14-15H,13H2,1-4H3,(H,25,28)/b10-6+/t15-/m0/s1. The third kappa shape index (κ3) is 5.31. The van der Waals surface area contributed by atoms with E-state index in [-0.39, 0.29) is 30.3 Å². The van der Waals surface area contributed by atoms with Gasteiger partial charge in [-0.05, 0) is 68.3 Å². The lowest BCUT2D eigenvalue weighted by molar-refractivity contribution is -0.136. The number of hydrogen-bond acceptors (Lipinski definition) is 6. The Morgan fingerprint density at radius 1 is 1.13 bits per heavy atom. The molecule has 0 aliphatic carbocycles. The molecule has 1 aliphatic heterocycles. The summed E-state index contributed by atoms with van der Waals surface area (Å²) < 4.78 is 16.1.